The van der Waals surface area contributed by atoms with Gasteiger partial charge in [-0.05, 0) is 37.0 Å². The summed E-state index contributed by atoms with van der Waals surface area (Å²) in [6.07, 6.45) is 5.22. The number of carboxylic acids is 1. The molecule has 1 aliphatic rings. The zero-order valence-electron chi connectivity index (χ0n) is 13.9. The maximum Gasteiger partial charge on any atom is 0.335 e. The van der Waals surface area contributed by atoms with Gasteiger partial charge in [0.25, 0.3) is 0 Å². The van der Waals surface area contributed by atoms with Crippen molar-refractivity contribution in [3.05, 3.63) is 34.2 Å². The molecule has 0 saturated heterocycles. The SMILES string of the molecule is COc1cc(C(=O)O)ccc1N.Sc1csc(C#CC2CCCC2)n1. The van der Waals surface area contributed by atoms with E-state index in [0.29, 0.717) is 17.4 Å². The molecular formula is C18H20N2O3S2. The van der Waals surface area contributed by atoms with E-state index in [-0.39, 0.29) is 5.56 Å². The van der Waals surface area contributed by atoms with Gasteiger partial charge in [0.2, 0.25) is 0 Å². The Morgan fingerprint density at radius 1 is 1.44 bits per heavy atom. The van der Waals surface area contributed by atoms with Crippen LogP contribution >= 0.6 is 24.0 Å². The summed E-state index contributed by atoms with van der Waals surface area (Å²) < 4.78 is 4.85. The number of methoxy groups -OCH3 is 1. The highest BCUT2D eigenvalue weighted by atomic mass is 32.1. The number of hydrogen-bond acceptors (Lipinski definition) is 6. The second-order valence-corrected chi connectivity index (χ2v) is 6.84. The van der Waals surface area contributed by atoms with E-state index >= 15 is 0 Å². The highest BCUT2D eigenvalue weighted by Crippen LogP contribution is 2.24. The molecule has 1 aliphatic carbocycles. The lowest BCUT2D eigenvalue weighted by Crippen LogP contribution is -1.99. The molecule has 1 saturated carbocycles. The van der Waals surface area contributed by atoms with E-state index in [0.717, 1.165) is 10.0 Å². The standard InChI is InChI=1S/C10H11NS2.C8H9NO3/c12-9-7-13-10(11-9)6-5-8-3-1-2-4-8;1-12-7-4-5(8(10)11)2-3-6(7)9/h7-8,12H,1-4H2;2-4H,9H2,1H3,(H,10,11). The van der Waals surface area contributed by atoms with Gasteiger partial charge in [-0.3, -0.25) is 0 Å². The number of carbonyl (C=O) groups is 1. The van der Waals surface area contributed by atoms with Crippen LogP contribution < -0.4 is 10.5 Å². The van der Waals surface area contributed by atoms with Crippen molar-refractivity contribution in [1.82, 2.24) is 4.98 Å². The molecule has 0 spiro atoms. The number of hydrogen-bond donors (Lipinski definition) is 3. The zero-order chi connectivity index (χ0) is 18.2. The van der Waals surface area contributed by atoms with Crippen molar-refractivity contribution in [2.45, 2.75) is 30.7 Å². The Bertz CT molecular complexity index is 787. The van der Waals surface area contributed by atoms with Crippen LogP contribution in [0.2, 0.25) is 0 Å². The summed E-state index contributed by atoms with van der Waals surface area (Å²) >= 11 is 5.71. The number of thiazole rings is 1. The molecule has 1 fully saturated rings. The van der Waals surface area contributed by atoms with Crippen molar-refractivity contribution in [2.75, 3.05) is 12.8 Å². The lowest BCUT2D eigenvalue weighted by molar-refractivity contribution is 0.0696. The minimum absolute atomic E-state index is 0.168. The Balaban J connectivity index is 0.000000181. The van der Waals surface area contributed by atoms with Crippen LogP contribution in [0.15, 0.2) is 28.6 Å². The van der Waals surface area contributed by atoms with Crippen molar-refractivity contribution in [1.29, 1.82) is 0 Å². The van der Waals surface area contributed by atoms with Crippen molar-refractivity contribution in [2.24, 2.45) is 5.92 Å². The first-order valence-electron chi connectivity index (χ1n) is 7.82. The number of ether oxygens (including phenoxy) is 1. The summed E-state index contributed by atoms with van der Waals surface area (Å²) in [5, 5.41) is 12.2. The van der Waals surface area contributed by atoms with Crippen molar-refractivity contribution in [3.8, 4) is 17.6 Å². The number of thiol groups is 1. The highest BCUT2D eigenvalue weighted by molar-refractivity contribution is 7.80. The Hall–Kier alpha value is -2.17. The minimum atomic E-state index is -0.992. The van der Waals surface area contributed by atoms with Gasteiger partial charge in [0.05, 0.1) is 18.4 Å². The third-order valence-corrected chi connectivity index (χ3v) is 4.87. The molecule has 0 radical (unpaired) electrons. The molecular weight excluding hydrogens is 356 g/mol. The van der Waals surface area contributed by atoms with E-state index in [4.69, 9.17) is 15.6 Å². The van der Waals surface area contributed by atoms with Crippen LogP contribution in [0.3, 0.4) is 0 Å². The molecule has 2 aromatic rings. The van der Waals surface area contributed by atoms with Gasteiger partial charge in [-0.15, -0.1) is 24.0 Å². The molecule has 7 heteroatoms. The first-order chi connectivity index (χ1) is 12.0. The third-order valence-electron chi connectivity index (χ3n) is 3.71. The molecule has 0 aliphatic heterocycles. The van der Waals surface area contributed by atoms with Gasteiger partial charge in [-0.2, -0.15) is 0 Å². The molecule has 132 valence electrons. The average Bonchev–Trinajstić information content (AvgIpc) is 3.25. The van der Waals surface area contributed by atoms with E-state index < -0.39 is 5.97 Å². The number of nitrogen functional groups attached to an aromatic ring is 1. The van der Waals surface area contributed by atoms with E-state index in [1.807, 2.05) is 5.38 Å². The summed E-state index contributed by atoms with van der Waals surface area (Å²) in [4.78, 5) is 14.7. The van der Waals surface area contributed by atoms with E-state index in [1.165, 1.54) is 51.0 Å². The number of nitrogens with zero attached hydrogens (tertiary/aromatic N) is 1. The summed E-state index contributed by atoms with van der Waals surface area (Å²) in [7, 11) is 1.44. The molecule has 3 rings (SSSR count). The number of aromatic nitrogens is 1. The predicted molar refractivity (Wildman–Crippen MR) is 103 cm³/mol. The van der Waals surface area contributed by atoms with Crippen molar-refractivity contribution in [3.63, 3.8) is 0 Å². The lowest BCUT2D eigenvalue weighted by atomic mass is 10.1. The zero-order valence-corrected chi connectivity index (χ0v) is 15.6. The maximum absolute atomic E-state index is 10.5. The Kier molecular flexibility index (Phi) is 7.16. The number of anilines is 1. The van der Waals surface area contributed by atoms with Gasteiger partial charge < -0.3 is 15.6 Å². The number of rotatable bonds is 2. The van der Waals surface area contributed by atoms with Crippen LogP contribution in [0.1, 0.15) is 41.0 Å². The second kappa shape index (κ2) is 9.35. The Labute approximate surface area is 156 Å². The van der Waals surface area contributed by atoms with Gasteiger partial charge >= 0.3 is 5.97 Å². The Morgan fingerprint density at radius 2 is 2.16 bits per heavy atom. The molecule has 0 unspecified atom stereocenters. The van der Waals surface area contributed by atoms with Crippen LogP contribution in [0, 0.1) is 17.8 Å². The number of nitrogens with two attached hydrogens (primary N) is 1. The normalized spacial score (nSPS) is 13.4. The number of benzene rings is 1. The molecule has 0 bridgehead atoms. The van der Waals surface area contributed by atoms with E-state index in [9.17, 15) is 4.79 Å². The average molecular weight is 377 g/mol. The lowest BCUT2D eigenvalue weighted by Gasteiger charge is -2.03. The minimum Gasteiger partial charge on any atom is -0.495 e. The van der Waals surface area contributed by atoms with Gasteiger partial charge in [0.1, 0.15) is 10.8 Å². The molecule has 0 atom stereocenters. The summed E-state index contributed by atoms with van der Waals surface area (Å²) in [5.41, 5.74) is 6.08. The molecule has 25 heavy (non-hydrogen) atoms. The molecule has 3 N–H and O–H groups in total. The first kappa shape index (κ1) is 19.2. The third kappa shape index (κ3) is 6.00. The fourth-order valence-corrected chi connectivity index (χ4v) is 3.27. The molecule has 0 amide bonds. The summed E-state index contributed by atoms with van der Waals surface area (Å²) in [6, 6.07) is 4.32. The molecule has 1 heterocycles. The highest BCUT2D eigenvalue weighted by Gasteiger charge is 2.11. The van der Waals surface area contributed by atoms with Crippen LogP contribution in [-0.4, -0.2) is 23.2 Å². The van der Waals surface area contributed by atoms with Gasteiger partial charge in [-0.25, -0.2) is 9.78 Å². The second-order valence-electron chi connectivity index (χ2n) is 5.52. The summed E-state index contributed by atoms with van der Waals surface area (Å²) in [6.45, 7) is 0. The fraction of sp³-hybridized carbons (Fsp3) is 0.333. The van der Waals surface area contributed by atoms with Crippen molar-refractivity contribution >= 4 is 35.6 Å². The molecule has 5 nitrogen and oxygen atoms in total. The van der Waals surface area contributed by atoms with Crippen LogP contribution in [0.5, 0.6) is 5.75 Å². The summed E-state index contributed by atoms with van der Waals surface area (Å²) in [5.74, 6) is 6.40. The quantitative estimate of drug-likeness (QED) is 0.420. The number of carboxylic acid groups (broad SMARTS) is 1. The van der Waals surface area contributed by atoms with Gasteiger partial charge in [0, 0.05) is 11.3 Å². The van der Waals surface area contributed by atoms with Crippen LogP contribution in [0.25, 0.3) is 0 Å². The van der Waals surface area contributed by atoms with Gasteiger partial charge in [0.15, 0.2) is 5.01 Å². The fourth-order valence-electron chi connectivity index (χ4n) is 2.40. The largest absolute Gasteiger partial charge is 0.495 e. The Morgan fingerprint density at radius 3 is 2.72 bits per heavy atom. The monoisotopic (exact) mass is 376 g/mol. The van der Waals surface area contributed by atoms with E-state index in [2.05, 4.69) is 29.5 Å². The van der Waals surface area contributed by atoms with Gasteiger partial charge in [-0.1, -0.05) is 18.8 Å². The smallest absolute Gasteiger partial charge is 0.335 e. The molecule has 1 aromatic carbocycles. The van der Waals surface area contributed by atoms with Crippen molar-refractivity contribution < 1.29 is 14.6 Å². The molecule has 1 aromatic heterocycles. The van der Waals surface area contributed by atoms with E-state index in [1.54, 1.807) is 11.3 Å². The predicted octanol–water partition coefficient (Wildman–Crippen LogP) is 3.95. The maximum atomic E-state index is 10.5. The van der Waals surface area contributed by atoms with Crippen LogP contribution in [0.4, 0.5) is 5.69 Å². The number of aromatic carboxylic acids is 1. The van der Waals surface area contributed by atoms with Crippen LogP contribution in [-0.2, 0) is 0 Å². The first-order valence-corrected chi connectivity index (χ1v) is 9.15. The topological polar surface area (TPSA) is 85.4 Å².